The highest BCUT2D eigenvalue weighted by Gasteiger charge is 2.60. The van der Waals surface area contributed by atoms with E-state index in [1.54, 1.807) is 38.0 Å². The van der Waals surface area contributed by atoms with Crippen molar-refractivity contribution in [1.82, 2.24) is 30.7 Å². The predicted molar refractivity (Wildman–Crippen MR) is 255 cm³/mol. The number of carboxylic acids is 1. The molecule has 2 rings (SSSR count). The van der Waals surface area contributed by atoms with E-state index < -0.39 is 53.2 Å². The first kappa shape index (κ1) is 57.0. The van der Waals surface area contributed by atoms with Crippen molar-refractivity contribution in [2.45, 2.75) is 156 Å². The zero-order valence-corrected chi connectivity index (χ0v) is 42.5. The van der Waals surface area contributed by atoms with Gasteiger partial charge in [0.2, 0.25) is 29.5 Å². The fraction of sp³-hybridized carbons (Fsp3) is 0.760. The highest BCUT2D eigenvalue weighted by Crippen LogP contribution is 2.54. The van der Waals surface area contributed by atoms with Crippen LogP contribution in [0.25, 0.3) is 0 Å². The van der Waals surface area contributed by atoms with Crippen molar-refractivity contribution in [2.24, 2.45) is 35.0 Å². The van der Waals surface area contributed by atoms with Crippen LogP contribution in [0.1, 0.15) is 120 Å². The van der Waals surface area contributed by atoms with E-state index in [0.29, 0.717) is 38.9 Å². The van der Waals surface area contributed by atoms with Crippen LogP contribution in [0.15, 0.2) is 30.3 Å². The predicted octanol–water partition coefficient (Wildman–Crippen LogP) is 5.40. The van der Waals surface area contributed by atoms with Gasteiger partial charge in [-0.25, -0.2) is 4.79 Å². The minimum Gasteiger partial charge on any atom is -0.480 e. The Labute approximate surface area is 390 Å². The van der Waals surface area contributed by atoms with Crippen LogP contribution in [0.2, 0.25) is 0 Å². The number of benzene rings is 1. The minimum absolute atomic E-state index is 0.0264. The molecule has 370 valence electrons. The van der Waals surface area contributed by atoms with E-state index in [0.717, 1.165) is 24.8 Å². The molecule has 0 heterocycles. The molecule has 0 radical (unpaired) electrons. The molecule has 0 bridgehead atoms. The highest BCUT2D eigenvalue weighted by atomic mass is 16.5. The maximum atomic E-state index is 14.4. The number of ether oxygens (including phenoxy) is 2. The van der Waals surface area contributed by atoms with Crippen molar-refractivity contribution >= 4 is 35.5 Å². The number of methoxy groups -OCH3 is 2. The second-order valence-electron chi connectivity index (χ2n) is 20.3. The van der Waals surface area contributed by atoms with Gasteiger partial charge < -0.3 is 40.3 Å². The van der Waals surface area contributed by atoms with Gasteiger partial charge in [0.15, 0.2) is 0 Å². The largest absolute Gasteiger partial charge is 0.480 e. The van der Waals surface area contributed by atoms with Crippen LogP contribution in [-0.4, -0.2) is 146 Å². The van der Waals surface area contributed by atoms with Gasteiger partial charge in [-0.3, -0.25) is 28.9 Å². The molecule has 0 spiro atoms. The number of carbonyl (C=O) groups excluding carboxylic acids is 5. The molecule has 0 aliphatic heterocycles. The van der Waals surface area contributed by atoms with Crippen LogP contribution in [0.4, 0.5) is 0 Å². The average Bonchev–Trinajstić information content (AvgIpc) is 3.97. The van der Waals surface area contributed by atoms with Crippen molar-refractivity contribution in [3.63, 3.8) is 0 Å². The van der Waals surface area contributed by atoms with Gasteiger partial charge in [-0.15, -0.1) is 0 Å². The third-order valence-electron chi connectivity index (χ3n) is 13.5. The summed E-state index contributed by atoms with van der Waals surface area (Å²) in [5, 5.41) is 18.7. The molecular weight excluding hydrogens is 829 g/mol. The van der Waals surface area contributed by atoms with Gasteiger partial charge in [0.25, 0.3) is 0 Å². The van der Waals surface area contributed by atoms with Crippen LogP contribution < -0.4 is 16.0 Å². The lowest BCUT2D eigenvalue weighted by Crippen LogP contribution is -2.59. The molecule has 1 aromatic rings. The molecule has 1 saturated carbocycles. The highest BCUT2D eigenvalue weighted by molar-refractivity contribution is 5.90. The second kappa shape index (κ2) is 26.3. The Morgan fingerprint density at radius 3 is 2.00 bits per heavy atom. The average molecular weight is 915 g/mol. The summed E-state index contributed by atoms with van der Waals surface area (Å²) < 4.78 is 11.8. The molecule has 15 heteroatoms. The summed E-state index contributed by atoms with van der Waals surface area (Å²) in [7, 11) is 8.60. The first-order valence-electron chi connectivity index (χ1n) is 23.8. The number of carboxylic acid groups (broad SMARTS) is 1. The number of amides is 5. The lowest BCUT2D eigenvalue weighted by atomic mass is 9.89. The molecule has 0 saturated heterocycles. The zero-order valence-electron chi connectivity index (χ0n) is 42.5. The first-order chi connectivity index (χ1) is 30.4. The van der Waals surface area contributed by atoms with Crippen LogP contribution >= 0.6 is 0 Å². The van der Waals surface area contributed by atoms with Gasteiger partial charge in [0.05, 0.1) is 36.1 Å². The maximum Gasteiger partial charge on any atom is 0.326 e. The van der Waals surface area contributed by atoms with E-state index >= 15 is 0 Å². The van der Waals surface area contributed by atoms with E-state index in [4.69, 9.17) is 9.47 Å². The Kier molecular flexibility index (Phi) is 23.1. The number of nitrogens with zero attached hydrogens (tertiary/aromatic N) is 3. The lowest BCUT2D eigenvalue weighted by molar-refractivity contribution is -0.144. The van der Waals surface area contributed by atoms with Crippen LogP contribution in [-0.2, 0) is 44.7 Å². The molecule has 5 amide bonds. The summed E-state index contributed by atoms with van der Waals surface area (Å²) >= 11 is 0. The standard InChI is InChI=1S/C50H86N6O9/c1-16-34(6)43(56(13)46(60)41(32(2)3)53-45(59)42(33(4)5)54(11)27-20-21-28-55(12)48(63)49(8,9)10)39(64-14)30-40(57)51-26-22-25-37-31-50(37,65-15)35(7)44(58)52-38(47(61)62)29-36-23-18-17-19-24-36/h17-19,23-24,32-35,37-39,41-43H,16,20-22,25-31H2,1-15H3,(H,51,57)(H,52,58)(H,53,59)(H,61,62)/t34-,35-,37+,38-,39+,41-,42-,43-,50+/m0/s1. The van der Waals surface area contributed by atoms with Crippen LogP contribution in [0, 0.1) is 35.0 Å². The molecular formula is C50H86N6O9. The summed E-state index contributed by atoms with van der Waals surface area (Å²) in [6, 6.07) is 6.37. The molecule has 1 fully saturated rings. The number of rotatable bonds is 29. The molecule has 4 N–H and O–H groups in total. The molecule has 1 aliphatic rings. The van der Waals surface area contributed by atoms with Gasteiger partial charge in [0.1, 0.15) is 12.1 Å². The topological polar surface area (TPSA) is 187 Å². The number of carbonyl (C=O) groups is 6. The van der Waals surface area contributed by atoms with Crippen molar-refractivity contribution < 1.29 is 43.3 Å². The first-order valence-corrected chi connectivity index (χ1v) is 23.8. The number of hydrogen-bond acceptors (Lipinski definition) is 9. The number of unbranched alkanes of at least 4 members (excludes halogenated alkanes) is 1. The van der Waals surface area contributed by atoms with Crippen molar-refractivity contribution in [3.8, 4) is 0 Å². The monoisotopic (exact) mass is 915 g/mol. The quantitative estimate of drug-likeness (QED) is 0.0759. The van der Waals surface area contributed by atoms with Crippen molar-refractivity contribution in [3.05, 3.63) is 35.9 Å². The molecule has 15 nitrogen and oxygen atoms in total. The SMILES string of the molecule is CC[C@H](C)[C@@H]([C@@H](CC(=O)NCCC[C@@H]1C[C@@]1(OC)[C@@H](C)C(=O)N[C@@H](Cc1ccccc1)C(=O)O)OC)N(C)C(=O)[C@@H](NC(=O)[C@H](C(C)C)N(C)CCCCN(C)C(=O)C(C)(C)C)C(C)C. The van der Waals surface area contributed by atoms with Crippen LogP contribution in [0.5, 0.6) is 0 Å². The van der Waals surface area contributed by atoms with E-state index in [-0.39, 0.29) is 66.0 Å². The molecule has 0 unspecified atom stereocenters. The summed E-state index contributed by atoms with van der Waals surface area (Å²) in [4.78, 5) is 85.2. The minimum atomic E-state index is -1.10. The Morgan fingerprint density at radius 2 is 1.48 bits per heavy atom. The summed E-state index contributed by atoms with van der Waals surface area (Å²) in [5.74, 6) is -2.84. The Balaban J connectivity index is 2.02. The Morgan fingerprint density at radius 1 is 0.862 bits per heavy atom. The summed E-state index contributed by atoms with van der Waals surface area (Å²) in [6.07, 6.45) is 3.90. The number of nitrogens with one attached hydrogen (secondary N) is 3. The smallest absolute Gasteiger partial charge is 0.326 e. The number of likely N-dealkylation sites (N-methyl/N-ethyl adjacent to an activating group) is 2. The van der Waals surface area contributed by atoms with E-state index in [2.05, 4.69) is 16.0 Å². The zero-order chi connectivity index (χ0) is 49.4. The molecule has 1 aliphatic carbocycles. The second-order valence-corrected chi connectivity index (χ2v) is 20.3. The Bertz CT molecular complexity index is 1690. The summed E-state index contributed by atoms with van der Waals surface area (Å²) in [5.41, 5.74) is -0.340. The number of aliphatic carboxylic acids is 1. The third-order valence-corrected chi connectivity index (χ3v) is 13.5. The van der Waals surface area contributed by atoms with Gasteiger partial charge in [-0.1, -0.05) is 106 Å². The van der Waals surface area contributed by atoms with Crippen LogP contribution in [0.3, 0.4) is 0 Å². The molecule has 65 heavy (non-hydrogen) atoms. The van der Waals surface area contributed by atoms with Crippen molar-refractivity contribution in [1.29, 1.82) is 0 Å². The van der Waals surface area contributed by atoms with E-state index in [1.807, 2.05) is 112 Å². The molecule has 0 aromatic heterocycles. The fourth-order valence-corrected chi connectivity index (χ4v) is 9.27. The van der Waals surface area contributed by atoms with E-state index in [1.165, 1.54) is 0 Å². The van der Waals surface area contributed by atoms with Crippen molar-refractivity contribution in [2.75, 3.05) is 55.0 Å². The normalized spacial score (nSPS) is 19.4. The third kappa shape index (κ3) is 16.6. The summed E-state index contributed by atoms with van der Waals surface area (Å²) in [6.45, 7) is 21.1. The lowest BCUT2D eigenvalue weighted by Gasteiger charge is -2.40. The fourth-order valence-electron chi connectivity index (χ4n) is 9.27. The van der Waals surface area contributed by atoms with E-state index in [9.17, 15) is 33.9 Å². The number of hydrogen-bond donors (Lipinski definition) is 4. The van der Waals surface area contributed by atoms with Gasteiger partial charge in [-0.05, 0) is 74.9 Å². The Hall–Kier alpha value is -4.08. The molecule has 9 atom stereocenters. The van der Waals surface area contributed by atoms with Gasteiger partial charge in [0, 0.05) is 53.2 Å². The maximum absolute atomic E-state index is 14.4. The van der Waals surface area contributed by atoms with Gasteiger partial charge in [-0.2, -0.15) is 0 Å². The molecule has 1 aromatic carbocycles. The van der Waals surface area contributed by atoms with Gasteiger partial charge >= 0.3 is 5.97 Å².